The van der Waals surface area contributed by atoms with Crippen LogP contribution in [0.5, 0.6) is 0 Å². The molecule has 0 fully saturated rings. The van der Waals surface area contributed by atoms with Gasteiger partial charge in [0.05, 0.1) is 5.69 Å². The highest BCUT2D eigenvalue weighted by Crippen LogP contribution is 2.34. The number of carbonyl (C=O) groups excluding carboxylic acids is 1. The molecule has 0 spiro atoms. The van der Waals surface area contributed by atoms with Crippen LogP contribution in [0.2, 0.25) is 0 Å². The van der Waals surface area contributed by atoms with Crippen LogP contribution in [-0.4, -0.2) is 17.4 Å². The average molecular weight is 267 g/mol. The van der Waals surface area contributed by atoms with Gasteiger partial charge < -0.3 is 10.2 Å². The van der Waals surface area contributed by atoms with Crippen LogP contribution >= 0.6 is 0 Å². The van der Waals surface area contributed by atoms with E-state index in [0.29, 0.717) is 13.0 Å². The summed E-state index contributed by atoms with van der Waals surface area (Å²) in [6, 6.07) is 12.0. The molecule has 1 amide bonds. The number of hydrogen-bond donors (Lipinski definition) is 1. The van der Waals surface area contributed by atoms with Gasteiger partial charge >= 0.3 is 0 Å². The molecule has 102 valence electrons. The monoisotopic (exact) mass is 267 g/mol. The van der Waals surface area contributed by atoms with Crippen molar-refractivity contribution >= 4 is 23.1 Å². The number of hydrogen-bond acceptors (Lipinski definition) is 3. The number of rotatable bonds is 1. The zero-order valence-electron chi connectivity index (χ0n) is 11.7. The second kappa shape index (κ2) is 4.96. The smallest absolute Gasteiger partial charge is 0.226 e. The van der Waals surface area contributed by atoms with Crippen LogP contribution in [-0.2, 0) is 4.79 Å². The Hall–Kier alpha value is -2.36. The van der Waals surface area contributed by atoms with Crippen molar-refractivity contribution in [3.63, 3.8) is 0 Å². The summed E-state index contributed by atoms with van der Waals surface area (Å²) in [5.41, 5.74) is 4.00. The molecule has 2 heterocycles. The zero-order valence-corrected chi connectivity index (χ0v) is 11.7. The van der Waals surface area contributed by atoms with Gasteiger partial charge in [0, 0.05) is 24.3 Å². The molecule has 1 aromatic carbocycles. The molecule has 4 nitrogen and oxygen atoms in total. The lowest BCUT2D eigenvalue weighted by atomic mass is 10.1. The molecule has 0 aliphatic carbocycles. The average Bonchev–Trinajstić information content (AvgIpc) is 2.58. The Kier molecular flexibility index (Phi) is 3.14. The number of para-hydroxylation sites is 1. The summed E-state index contributed by atoms with van der Waals surface area (Å²) >= 11 is 0. The number of aromatic nitrogens is 1. The van der Waals surface area contributed by atoms with E-state index in [1.165, 1.54) is 5.56 Å². The van der Waals surface area contributed by atoms with Crippen LogP contribution in [0, 0.1) is 13.8 Å². The van der Waals surface area contributed by atoms with Gasteiger partial charge in [0.2, 0.25) is 5.91 Å². The summed E-state index contributed by atoms with van der Waals surface area (Å²) in [7, 11) is 0. The van der Waals surface area contributed by atoms with Crippen molar-refractivity contribution in [3.8, 4) is 0 Å². The van der Waals surface area contributed by atoms with E-state index >= 15 is 0 Å². The number of carbonyl (C=O) groups is 1. The van der Waals surface area contributed by atoms with E-state index in [1.54, 1.807) is 0 Å². The van der Waals surface area contributed by atoms with Crippen LogP contribution < -0.4 is 10.2 Å². The molecule has 2 aromatic rings. The number of nitrogens with one attached hydrogen (secondary N) is 1. The summed E-state index contributed by atoms with van der Waals surface area (Å²) in [5.74, 6) is 0.859. The number of nitrogens with zero attached hydrogens (tertiary/aromatic N) is 2. The number of aryl methyl sites for hydroxylation is 2. The Labute approximate surface area is 118 Å². The van der Waals surface area contributed by atoms with Gasteiger partial charge in [-0.1, -0.05) is 18.2 Å². The van der Waals surface area contributed by atoms with Crippen molar-refractivity contribution in [1.82, 2.24) is 4.98 Å². The Morgan fingerprint density at radius 2 is 1.95 bits per heavy atom. The highest BCUT2D eigenvalue weighted by molar-refractivity contribution is 5.96. The third-order valence-electron chi connectivity index (χ3n) is 3.51. The lowest BCUT2D eigenvalue weighted by Gasteiger charge is -2.25. The van der Waals surface area contributed by atoms with Crippen LogP contribution in [0.25, 0.3) is 0 Å². The molecule has 0 atom stereocenters. The molecule has 1 aliphatic rings. The Bertz CT molecular complexity index is 667. The molecule has 20 heavy (non-hydrogen) atoms. The molecule has 3 rings (SSSR count). The Morgan fingerprint density at radius 3 is 2.75 bits per heavy atom. The number of pyridine rings is 1. The zero-order chi connectivity index (χ0) is 14.1. The molecule has 0 saturated heterocycles. The van der Waals surface area contributed by atoms with Gasteiger partial charge in [-0.2, -0.15) is 0 Å². The van der Waals surface area contributed by atoms with Crippen molar-refractivity contribution in [1.29, 1.82) is 0 Å². The first kappa shape index (κ1) is 12.7. The molecule has 4 heteroatoms. The predicted molar refractivity (Wildman–Crippen MR) is 80.4 cm³/mol. The van der Waals surface area contributed by atoms with Crippen molar-refractivity contribution in [2.24, 2.45) is 0 Å². The molecule has 1 aliphatic heterocycles. The summed E-state index contributed by atoms with van der Waals surface area (Å²) < 4.78 is 0. The number of amides is 1. The van der Waals surface area contributed by atoms with Crippen LogP contribution in [0.4, 0.5) is 17.2 Å². The summed E-state index contributed by atoms with van der Waals surface area (Å²) in [5, 5.41) is 2.93. The van der Waals surface area contributed by atoms with Crippen LogP contribution in [0.1, 0.15) is 17.7 Å². The minimum absolute atomic E-state index is 0.0352. The summed E-state index contributed by atoms with van der Waals surface area (Å²) in [6.45, 7) is 4.67. The van der Waals surface area contributed by atoms with Gasteiger partial charge in [0.25, 0.3) is 0 Å². The second-order valence-corrected chi connectivity index (χ2v) is 5.06. The quantitative estimate of drug-likeness (QED) is 0.863. The summed E-state index contributed by atoms with van der Waals surface area (Å²) in [4.78, 5) is 18.6. The maximum absolute atomic E-state index is 11.8. The first-order valence-corrected chi connectivity index (χ1v) is 6.76. The highest BCUT2D eigenvalue weighted by atomic mass is 16.1. The molecular weight excluding hydrogens is 250 g/mol. The lowest BCUT2D eigenvalue weighted by Crippen LogP contribution is -2.20. The third kappa shape index (κ3) is 2.25. The predicted octanol–water partition coefficient (Wildman–Crippen LogP) is 3.18. The van der Waals surface area contributed by atoms with E-state index in [-0.39, 0.29) is 5.91 Å². The van der Waals surface area contributed by atoms with Gasteiger partial charge in [0.1, 0.15) is 0 Å². The first-order chi connectivity index (χ1) is 9.65. The van der Waals surface area contributed by atoms with Crippen molar-refractivity contribution in [2.75, 3.05) is 16.8 Å². The van der Waals surface area contributed by atoms with E-state index in [1.807, 2.05) is 31.2 Å². The second-order valence-electron chi connectivity index (χ2n) is 5.06. The van der Waals surface area contributed by atoms with Gasteiger partial charge in [-0.25, -0.2) is 4.98 Å². The maximum Gasteiger partial charge on any atom is 0.226 e. The van der Waals surface area contributed by atoms with Crippen molar-refractivity contribution in [2.45, 2.75) is 20.3 Å². The maximum atomic E-state index is 11.8. The van der Waals surface area contributed by atoms with Gasteiger partial charge in [0.15, 0.2) is 5.82 Å². The van der Waals surface area contributed by atoms with Gasteiger partial charge in [-0.3, -0.25) is 4.79 Å². The van der Waals surface area contributed by atoms with Crippen LogP contribution in [0.3, 0.4) is 0 Å². The fraction of sp³-hybridized carbons (Fsp3) is 0.250. The fourth-order valence-electron chi connectivity index (χ4n) is 2.48. The van der Waals surface area contributed by atoms with E-state index in [0.717, 1.165) is 22.9 Å². The van der Waals surface area contributed by atoms with Crippen molar-refractivity contribution < 1.29 is 4.79 Å². The van der Waals surface area contributed by atoms with Crippen molar-refractivity contribution in [3.05, 3.63) is 47.7 Å². The fourth-order valence-corrected chi connectivity index (χ4v) is 2.48. The van der Waals surface area contributed by atoms with E-state index in [9.17, 15) is 4.79 Å². The molecule has 1 N–H and O–H groups in total. The lowest BCUT2D eigenvalue weighted by molar-refractivity contribution is -0.115. The Morgan fingerprint density at radius 1 is 1.15 bits per heavy atom. The molecule has 0 saturated carbocycles. The van der Waals surface area contributed by atoms with E-state index in [4.69, 9.17) is 0 Å². The summed E-state index contributed by atoms with van der Waals surface area (Å²) in [6.07, 6.45) is 0.462. The Balaban J connectivity index is 2.15. The molecule has 1 aromatic heterocycles. The van der Waals surface area contributed by atoms with Gasteiger partial charge in [-0.15, -0.1) is 0 Å². The minimum Gasteiger partial charge on any atom is -0.324 e. The number of anilines is 3. The number of benzene rings is 1. The SMILES string of the molecule is Cc1ccc2c(n1)N(c1ccccc1C)CCC(=O)N2. The van der Waals surface area contributed by atoms with Gasteiger partial charge in [-0.05, 0) is 37.6 Å². The standard InChI is InChI=1S/C16H17N3O/c1-11-5-3-4-6-14(11)19-10-9-15(20)18-13-8-7-12(2)17-16(13)19/h3-8H,9-10H2,1-2H3,(H,18,20). The number of fused-ring (bicyclic) bond motifs is 1. The first-order valence-electron chi connectivity index (χ1n) is 6.76. The normalized spacial score (nSPS) is 14.5. The molecule has 0 radical (unpaired) electrons. The molecular formula is C16H17N3O. The largest absolute Gasteiger partial charge is 0.324 e. The molecule has 0 bridgehead atoms. The topological polar surface area (TPSA) is 45.2 Å². The third-order valence-corrected chi connectivity index (χ3v) is 3.51. The minimum atomic E-state index is 0.0352. The molecule has 0 unspecified atom stereocenters. The van der Waals surface area contributed by atoms with E-state index < -0.39 is 0 Å². The van der Waals surface area contributed by atoms with E-state index in [2.05, 4.69) is 34.3 Å². The van der Waals surface area contributed by atoms with Crippen LogP contribution in [0.15, 0.2) is 36.4 Å². The highest BCUT2D eigenvalue weighted by Gasteiger charge is 2.22.